The molecule has 1 aliphatic carbocycles. The van der Waals surface area contributed by atoms with E-state index in [-0.39, 0.29) is 18.1 Å². The normalized spacial score (nSPS) is 31.5. The van der Waals surface area contributed by atoms with Crippen LogP contribution in [0.2, 0.25) is 0 Å². The second-order valence-corrected chi connectivity index (χ2v) is 5.52. The van der Waals surface area contributed by atoms with Gasteiger partial charge < -0.3 is 15.7 Å². The fraction of sp³-hybridized carbons (Fsp3) is 0.923. The fourth-order valence-electron chi connectivity index (χ4n) is 2.96. The molecule has 1 saturated carbocycles. The zero-order valence-corrected chi connectivity index (χ0v) is 10.5. The van der Waals surface area contributed by atoms with Gasteiger partial charge in [-0.25, -0.2) is 0 Å². The quantitative estimate of drug-likeness (QED) is 0.753. The maximum Gasteiger partial charge on any atom is 0.222 e. The minimum absolute atomic E-state index is 0.211. The lowest BCUT2D eigenvalue weighted by Gasteiger charge is -2.33. The average Bonchev–Trinajstić information content (AvgIpc) is 2.33. The highest BCUT2D eigenvalue weighted by atomic mass is 16.3. The van der Waals surface area contributed by atoms with E-state index in [2.05, 4.69) is 0 Å². The number of likely N-dealkylation sites (tertiary alicyclic amines) is 1. The number of carbonyl (C=O) groups is 1. The van der Waals surface area contributed by atoms with Gasteiger partial charge in [0.1, 0.15) is 0 Å². The molecule has 4 nitrogen and oxygen atoms in total. The van der Waals surface area contributed by atoms with Gasteiger partial charge in [0, 0.05) is 25.6 Å². The number of hydrogen-bond acceptors (Lipinski definition) is 3. The van der Waals surface area contributed by atoms with Crippen molar-refractivity contribution in [2.45, 2.75) is 57.1 Å². The molecule has 0 bridgehead atoms. The summed E-state index contributed by atoms with van der Waals surface area (Å²) in [5.74, 6) is 0.613. The number of nitrogens with two attached hydrogens (primary N) is 1. The number of amides is 1. The molecular weight excluding hydrogens is 216 g/mol. The zero-order valence-electron chi connectivity index (χ0n) is 10.5. The first-order valence-electron chi connectivity index (χ1n) is 6.88. The molecule has 2 fully saturated rings. The van der Waals surface area contributed by atoms with Crippen LogP contribution in [-0.2, 0) is 4.79 Å². The molecule has 17 heavy (non-hydrogen) atoms. The van der Waals surface area contributed by atoms with Gasteiger partial charge in [-0.05, 0) is 31.6 Å². The Morgan fingerprint density at radius 2 is 1.82 bits per heavy atom. The Morgan fingerprint density at radius 1 is 1.18 bits per heavy atom. The number of rotatable bonds is 2. The molecule has 2 atom stereocenters. The molecule has 98 valence electrons. The van der Waals surface area contributed by atoms with Crippen LogP contribution < -0.4 is 5.73 Å². The molecule has 1 heterocycles. The summed E-state index contributed by atoms with van der Waals surface area (Å²) in [4.78, 5) is 14.0. The molecule has 0 aromatic rings. The van der Waals surface area contributed by atoms with E-state index in [1.54, 1.807) is 0 Å². The molecule has 2 aliphatic rings. The molecule has 2 unspecified atom stereocenters. The van der Waals surface area contributed by atoms with Crippen molar-refractivity contribution in [3.63, 3.8) is 0 Å². The zero-order chi connectivity index (χ0) is 12.3. The topological polar surface area (TPSA) is 66.6 Å². The van der Waals surface area contributed by atoms with E-state index in [1.165, 1.54) is 12.8 Å². The smallest absolute Gasteiger partial charge is 0.222 e. The van der Waals surface area contributed by atoms with E-state index < -0.39 is 0 Å². The Bertz CT molecular complexity index is 262. The van der Waals surface area contributed by atoms with E-state index in [9.17, 15) is 9.90 Å². The van der Waals surface area contributed by atoms with Crippen LogP contribution in [0.5, 0.6) is 0 Å². The van der Waals surface area contributed by atoms with Crippen LogP contribution in [0.1, 0.15) is 44.9 Å². The maximum absolute atomic E-state index is 12.1. The molecule has 3 N–H and O–H groups in total. The first kappa shape index (κ1) is 12.8. The number of hydrogen-bond donors (Lipinski definition) is 2. The Balaban J connectivity index is 1.79. The number of nitrogens with zero attached hydrogens (tertiary/aromatic N) is 1. The number of aliphatic hydroxyl groups is 1. The lowest BCUT2D eigenvalue weighted by molar-refractivity contribution is -0.134. The minimum Gasteiger partial charge on any atom is -0.393 e. The van der Waals surface area contributed by atoms with Gasteiger partial charge >= 0.3 is 0 Å². The van der Waals surface area contributed by atoms with Crippen molar-refractivity contribution in [1.82, 2.24) is 4.90 Å². The lowest BCUT2D eigenvalue weighted by Crippen LogP contribution is -2.43. The molecule has 1 aliphatic heterocycles. The SMILES string of the molecule is NC1CCCCC1CC(=O)N1CCC(O)CC1. The van der Waals surface area contributed by atoms with Crippen LogP contribution in [0.25, 0.3) is 0 Å². The third-order valence-corrected chi connectivity index (χ3v) is 4.22. The highest BCUT2D eigenvalue weighted by Gasteiger charge is 2.27. The molecule has 0 aromatic heterocycles. The van der Waals surface area contributed by atoms with Gasteiger partial charge in [0.05, 0.1) is 6.10 Å². The molecule has 0 spiro atoms. The molecule has 1 amide bonds. The van der Waals surface area contributed by atoms with E-state index >= 15 is 0 Å². The van der Waals surface area contributed by atoms with Crippen molar-refractivity contribution in [3.05, 3.63) is 0 Å². The summed E-state index contributed by atoms with van der Waals surface area (Å²) in [6.45, 7) is 1.42. The third-order valence-electron chi connectivity index (χ3n) is 4.22. The van der Waals surface area contributed by atoms with Crippen molar-refractivity contribution in [2.24, 2.45) is 11.7 Å². The summed E-state index contributed by atoms with van der Waals surface area (Å²) < 4.78 is 0. The Hall–Kier alpha value is -0.610. The summed E-state index contributed by atoms with van der Waals surface area (Å²) >= 11 is 0. The predicted molar refractivity (Wildman–Crippen MR) is 66.4 cm³/mol. The van der Waals surface area contributed by atoms with Crippen LogP contribution in [0, 0.1) is 5.92 Å². The maximum atomic E-state index is 12.1. The fourth-order valence-corrected chi connectivity index (χ4v) is 2.96. The van der Waals surface area contributed by atoms with Crippen molar-refractivity contribution in [3.8, 4) is 0 Å². The minimum atomic E-state index is -0.212. The van der Waals surface area contributed by atoms with Crippen molar-refractivity contribution < 1.29 is 9.90 Å². The second kappa shape index (κ2) is 5.83. The molecule has 0 radical (unpaired) electrons. The first-order chi connectivity index (χ1) is 8.16. The van der Waals surface area contributed by atoms with Gasteiger partial charge in [-0.1, -0.05) is 12.8 Å². The lowest BCUT2D eigenvalue weighted by atomic mass is 9.82. The van der Waals surface area contributed by atoms with Gasteiger partial charge in [0.2, 0.25) is 5.91 Å². The van der Waals surface area contributed by atoms with Gasteiger partial charge in [-0.2, -0.15) is 0 Å². The molecule has 1 saturated heterocycles. The second-order valence-electron chi connectivity index (χ2n) is 5.52. The molecule has 2 rings (SSSR count). The van der Waals surface area contributed by atoms with Crippen molar-refractivity contribution in [1.29, 1.82) is 0 Å². The van der Waals surface area contributed by atoms with Crippen LogP contribution in [-0.4, -0.2) is 41.1 Å². The summed E-state index contributed by atoms with van der Waals surface area (Å²) in [5.41, 5.74) is 6.07. The Labute approximate surface area is 103 Å². The number of aliphatic hydroxyl groups excluding tert-OH is 1. The summed E-state index contributed by atoms with van der Waals surface area (Å²) in [6.07, 6.45) is 6.44. The van der Waals surface area contributed by atoms with Gasteiger partial charge in [0.25, 0.3) is 0 Å². The van der Waals surface area contributed by atoms with Crippen LogP contribution in [0.4, 0.5) is 0 Å². The van der Waals surface area contributed by atoms with Crippen LogP contribution in [0.3, 0.4) is 0 Å². The predicted octanol–water partition coefficient (Wildman–Crippen LogP) is 0.877. The summed E-state index contributed by atoms with van der Waals surface area (Å²) in [5, 5.41) is 9.41. The van der Waals surface area contributed by atoms with E-state index in [0.717, 1.165) is 25.7 Å². The molecule has 4 heteroatoms. The van der Waals surface area contributed by atoms with E-state index in [4.69, 9.17) is 5.73 Å². The van der Waals surface area contributed by atoms with E-state index in [0.29, 0.717) is 25.4 Å². The Kier molecular flexibility index (Phi) is 4.40. The van der Waals surface area contributed by atoms with Crippen molar-refractivity contribution in [2.75, 3.05) is 13.1 Å². The van der Waals surface area contributed by atoms with Crippen LogP contribution >= 0.6 is 0 Å². The number of piperidine rings is 1. The van der Waals surface area contributed by atoms with Gasteiger partial charge in [0.15, 0.2) is 0 Å². The summed E-state index contributed by atoms with van der Waals surface area (Å²) in [7, 11) is 0. The van der Waals surface area contributed by atoms with E-state index in [1.807, 2.05) is 4.90 Å². The standard InChI is InChI=1S/C13H24N2O2/c14-12-4-2-1-3-10(12)9-13(17)15-7-5-11(16)6-8-15/h10-12,16H,1-9,14H2. The Morgan fingerprint density at radius 3 is 2.47 bits per heavy atom. The van der Waals surface area contributed by atoms with Gasteiger partial charge in [-0.15, -0.1) is 0 Å². The highest BCUT2D eigenvalue weighted by Crippen LogP contribution is 2.26. The molecular formula is C13H24N2O2. The van der Waals surface area contributed by atoms with Crippen molar-refractivity contribution >= 4 is 5.91 Å². The monoisotopic (exact) mass is 240 g/mol. The van der Waals surface area contributed by atoms with Gasteiger partial charge in [-0.3, -0.25) is 4.79 Å². The van der Waals surface area contributed by atoms with Crippen LogP contribution in [0.15, 0.2) is 0 Å². The average molecular weight is 240 g/mol. The highest BCUT2D eigenvalue weighted by molar-refractivity contribution is 5.76. The number of carbonyl (C=O) groups excluding carboxylic acids is 1. The first-order valence-corrected chi connectivity index (χ1v) is 6.88. The largest absolute Gasteiger partial charge is 0.393 e. The summed E-state index contributed by atoms with van der Waals surface area (Å²) in [6, 6.07) is 0.211. The molecule has 0 aromatic carbocycles. The third kappa shape index (κ3) is 3.42.